The van der Waals surface area contributed by atoms with Gasteiger partial charge in [-0.3, -0.25) is 10.1 Å². The van der Waals surface area contributed by atoms with E-state index in [1.165, 1.54) is 18.6 Å². The van der Waals surface area contributed by atoms with Gasteiger partial charge in [-0.25, -0.2) is 0 Å². The lowest BCUT2D eigenvalue weighted by molar-refractivity contribution is -0.385. The molecule has 1 atom stereocenters. The van der Waals surface area contributed by atoms with Gasteiger partial charge in [0.25, 0.3) is 5.69 Å². The number of non-ortho nitro benzene ring substituents is 1. The van der Waals surface area contributed by atoms with Crippen molar-refractivity contribution in [3.8, 4) is 5.75 Å². The van der Waals surface area contributed by atoms with Crippen LogP contribution in [0.2, 0.25) is 0 Å². The van der Waals surface area contributed by atoms with Crippen LogP contribution >= 0.6 is 28.3 Å². The predicted molar refractivity (Wildman–Crippen MR) is 83.2 cm³/mol. The third-order valence-corrected chi connectivity index (χ3v) is 4.41. The van der Waals surface area contributed by atoms with Gasteiger partial charge in [-0.15, -0.1) is 12.4 Å². The molecule has 0 spiro atoms. The number of halogens is 2. The van der Waals surface area contributed by atoms with Gasteiger partial charge < -0.3 is 10.8 Å². The number of rotatable bonds is 3. The van der Waals surface area contributed by atoms with E-state index >= 15 is 0 Å². The lowest BCUT2D eigenvalue weighted by Crippen LogP contribution is -2.23. The van der Waals surface area contributed by atoms with Crippen LogP contribution < -0.4 is 5.73 Å². The Labute approximate surface area is 132 Å². The van der Waals surface area contributed by atoms with E-state index in [4.69, 9.17) is 5.73 Å². The van der Waals surface area contributed by atoms with E-state index in [1.807, 2.05) is 0 Å². The maximum Gasteiger partial charge on any atom is 0.271 e. The molecule has 0 aliphatic heterocycles. The highest BCUT2D eigenvalue weighted by Crippen LogP contribution is 2.40. The first-order valence-corrected chi connectivity index (χ1v) is 7.22. The predicted octanol–water partition coefficient (Wildman–Crippen LogP) is 4.06. The summed E-state index contributed by atoms with van der Waals surface area (Å²) in [6.45, 7) is 0. The van der Waals surface area contributed by atoms with E-state index in [2.05, 4.69) is 15.9 Å². The lowest BCUT2D eigenvalue weighted by Gasteiger charge is -2.28. The fraction of sp³-hybridized carbons (Fsp3) is 0.538. The number of nitro benzene ring substituents is 1. The Balaban J connectivity index is 0.00000200. The van der Waals surface area contributed by atoms with Gasteiger partial charge in [-0.05, 0) is 34.7 Å². The Kier molecular flexibility index (Phi) is 6.23. The molecule has 5 nitrogen and oxygen atoms in total. The summed E-state index contributed by atoms with van der Waals surface area (Å²) < 4.78 is 0.322. The first kappa shape index (κ1) is 17.2. The molecule has 2 rings (SSSR count). The summed E-state index contributed by atoms with van der Waals surface area (Å²) in [5.41, 5.74) is 6.62. The van der Waals surface area contributed by atoms with Crippen molar-refractivity contribution in [1.29, 1.82) is 0 Å². The lowest BCUT2D eigenvalue weighted by atomic mass is 9.81. The second-order valence-corrected chi connectivity index (χ2v) is 5.90. The van der Waals surface area contributed by atoms with Crippen molar-refractivity contribution in [2.75, 3.05) is 0 Å². The van der Waals surface area contributed by atoms with E-state index < -0.39 is 4.92 Å². The zero-order valence-corrected chi connectivity index (χ0v) is 13.3. The molecule has 0 amide bonds. The number of nitrogens with two attached hydrogens (primary N) is 1. The van der Waals surface area contributed by atoms with Crippen LogP contribution in [0.3, 0.4) is 0 Å². The van der Waals surface area contributed by atoms with Crippen molar-refractivity contribution in [2.24, 2.45) is 11.7 Å². The van der Waals surface area contributed by atoms with Crippen LogP contribution in [0.25, 0.3) is 0 Å². The summed E-state index contributed by atoms with van der Waals surface area (Å²) in [6.07, 6.45) is 5.51. The fourth-order valence-corrected chi connectivity index (χ4v) is 3.18. The van der Waals surface area contributed by atoms with E-state index in [1.54, 1.807) is 0 Å². The molecule has 1 saturated carbocycles. The second kappa shape index (κ2) is 7.24. The molecule has 7 heteroatoms. The van der Waals surface area contributed by atoms with Gasteiger partial charge in [-0.2, -0.15) is 0 Å². The molecule has 20 heavy (non-hydrogen) atoms. The SMILES string of the molecule is Cl.N[C@@H](c1cc([N+](=O)[O-])cc(Br)c1O)C1CCCCC1. The van der Waals surface area contributed by atoms with Crippen molar-refractivity contribution in [2.45, 2.75) is 38.1 Å². The highest BCUT2D eigenvalue weighted by atomic mass is 79.9. The highest BCUT2D eigenvalue weighted by Gasteiger charge is 2.26. The molecule has 1 aliphatic carbocycles. The highest BCUT2D eigenvalue weighted by molar-refractivity contribution is 9.10. The summed E-state index contributed by atoms with van der Waals surface area (Å²) in [6, 6.07) is 2.34. The number of phenolic OH excluding ortho intramolecular Hbond substituents is 1. The Morgan fingerprint density at radius 2 is 1.95 bits per heavy atom. The molecule has 0 saturated heterocycles. The average Bonchev–Trinajstić information content (AvgIpc) is 2.41. The van der Waals surface area contributed by atoms with E-state index in [-0.39, 0.29) is 35.8 Å². The number of nitro groups is 1. The van der Waals surface area contributed by atoms with Gasteiger partial charge in [0.2, 0.25) is 0 Å². The first-order chi connectivity index (χ1) is 9.00. The average molecular weight is 366 g/mol. The molecule has 0 radical (unpaired) electrons. The zero-order chi connectivity index (χ0) is 14.0. The maximum atomic E-state index is 10.9. The summed E-state index contributed by atoms with van der Waals surface area (Å²) in [5, 5.41) is 20.9. The van der Waals surface area contributed by atoms with E-state index in [9.17, 15) is 15.2 Å². The zero-order valence-electron chi connectivity index (χ0n) is 10.9. The molecule has 3 N–H and O–H groups in total. The summed E-state index contributed by atoms with van der Waals surface area (Å²) in [4.78, 5) is 10.4. The largest absolute Gasteiger partial charge is 0.506 e. The Bertz CT molecular complexity index is 493. The van der Waals surface area contributed by atoms with E-state index in [0.717, 1.165) is 25.7 Å². The Morgan fingerprint density at radius 3 is 2.50 bits per heavy atom. The smallest absolute Gasteiger partial charge is 0.271 e. The molecule has 1 aromatic rings. The third kappa shape index (κ3) is 3.62. The van der Waals surface area contributed by atoms with Crippen LogP contribution in [0.15, 0.2) is 16.6 Å². The molecule has 0 unspecified atom stereocenters. The van der Waals surface area contributed by atoms with Crippen LogP contribution in [-0.4, -0.2) is 10.0 Å². The van der Waals surface area contributed by atoms with Gasteiger partial charge in [-0.1, -0.05) is 19.3 Å². The number of hydrogen-bond donors (Lipinski definition) is 2. The molecule has 1 fully saturated rings. The van der Waals surface area contributed by atoms with E-state index in [0.29, 0.717) is 10.0 Å². The normalized spacial score (nSPS) is 17.3. The first-order valence-electron chi connectivity index (χ1n) is 6.43. The molecule has 112 valence electrons. The van der Waals surface area contributed by atoms with Crippen LogP contribution in [0, 0.1) is 16.0 Å². The minimum absolute atomic E-state index is 0. The minimum atomic E-state index is -0.471. The number of hydrogen-bond acceptors (Lipinski definition) is 4. The topological polar surface area (TPSA) is 89.4 Å². The van der Waals surface area contributed by atoms with Gasteiger partial charge >= 0.3 is 0 Å². The molecule has 1 aromatic carbocycles. The van der Waals surface area contributed by atoms with Crippen LogP contribution in [0.4, 0.5) is 5.69 Å². The van der Waals surface area contributed by atoms with Crippen molar-refractivity contribution >= 4 is 34.0 Å². The molecule has 0 bridgehead atoms. The molecule has 0 aromatic heterocycles. The quantitative estimate of drug-likeness (QED) is 0.624. The molecule has 1 aliphatic rings. The van der Waals surface area contributed by atoms with Crippen molar-refractivity contribution in [1.82, 2.24) is 0 Å². The van der Waals surface area contributed by atoms with Gasteiger partial charge in [0.05, 0.1) is 9.40 Å². The summed E-state index contributed by atoms with van der Waals surface area (Å²) >= 11 is 3.15. The Hall–Kier alpha value is -0.850. The molecular formula is C13H18BrClN2O3. The van der Waals surface area contributed by atoms with Gasteiger partial charge in [0, 0.05) is 23.7 Å². The number of benzene rings is 1. The second-order valence-electron chi connectivity index (χ2n) is 5.05. The van der Waals surface area contributed by atoms with Crippen LogP contribution in [-0.2, 0) is 0 Å². The van der Waals surface area contributed by atoms with Crippen LogP contribution in [0.5, 0.6) is 5.75 Å². The van der Waals surface area contributed by atoms with Gasteiger partial charge in [0.1, 0.15) is 5.75 Å². The monoisotopic (exact) mass is 364 g/mol. The summed E-state index contributed by atoms with van der Waals surface area (Å²) in [5.74, 6) is 0.303. The fourth-order valence-electron chi connectivity index (χ4n) is 2.71. The third-order valence-electron chi connectivity index (χ3n) is 3.81. The van der Waals surface area contributed by atoms with Crippen molar-refractivity contribution in [3.05, 3.63) is 32.3 Å². The standard InChI is InChI=1S/C13H17BrN2O3.ClH/c14-11-7-9(16(18)19)6-10(13(11)17)12(15)8-4-2-1-3-5-8;/h6-8,12,17H,1-5,15H2;1H/t12-;/m1./s1. The van der Waals surface area contributed by atoms with Crippen molar-refractivity contribution < 1.29 is 10.0 Å². The number of aromatic hydroxyl groups is 1. The molecule has 0 heterocycles. The van der Waals surface area contributed by atoms with Crippen molar-refractivity contribution in [3.63, 3.8) is 0 Å². The van der Waals surface area contributed by atoms with Crippen LogP contribution in [0.1, 0.15) is 43.7 Å². The summed E-state index contributed by atoms with van der Waals surface area (Å²) in [7, 11) is 0. The number of nitrogens with zero attached hydrogens (tertiary/aromatic N) is 1. The number of phenols is 1. The minimum Gasteiger partial charge on any atom is -0.506 e. The molecular weight excluding hydrogens is 348 g/mol. The Morgan fingerprint density at radius 1 is 1.35 bits per heavy atom. The maximum absolute atomic E-state index is 10.9. The van der Waals surface area contributed by atoms with Gasteiger partial charge in [0.15, 0.2) is 0 Å².